The van der Waals surface area contributed by atoms with Crippen molar-refractivity contribution in [2.24, 2.45) is 11.3 Å². The molecule has 2 rings (SSSR count). The predicted molar refractivity (Wildman–Crippen MR) is 83.0 cm³/mol. The maximum Gasteiger partial charge on any atom is 0.0729 e. The fraction of sp³-hybridized carbons (Fsp3) is 1.00. The van der Waals surface area contributed by atoms with Gasteiger partial charge in [0.05, 0.1) is 5.60 Å². The Balaban J connectivity index is 1.89. The molecule has 2 saturated heterocycles. The third kappa shape index (κ3) is 4.19. The highest BCUT2D eigenvalue weighted by atomic mass is 16.5. The Kier molecular flexibility index (Phi) is 5.49. The van der Waals surface area contributed by atoms with Crippen LogP contribution in [0.1, 0.15) is 59.8 Å². The molecule has 0 amide bonds. The standard InChI is InChI=1S/C17H33NO2/c1-14(2)18-9-6-16(3,4)15-5-10-20-17(13-15)7-11-19-12-8-17/h14-15,18H,5-13H2,1-4H3. The molecule has 0 aromatic heterocycles. The molecule has 0 aliphatic carbocycles. The highest BCUT2D eigenvalue weighted by Crippen LogP contribution is 2.45. The van der Waals surface area contributed by atoms with Crippen molar-refractivity contribution in [2.45, 2.75) is 71.4 Å². The van der Waals surface area contributed by atoms with Gasteiger partial charge in [0.1, 0.15) is 0 Å². The number of hydrogen-bond acceptors (Lipinski definition) is 3. The van der Waals surface area contributed by atoms with Crippen LogP contribution in [0.15, 0.2) is 0 Å². The third-order valence-corrected chi connectivity index (χ3v) is 5.32. The lowest BCUT2D eigenvalue weighted by Crippen LogP contribution is -2.47. The SMILES string of the molecule is CC(C)NCCC(C)(C)C1CCOC2(CCOCC2)C1. The Morgan fingerprint density at radius 2 is 1.90 bits per heavy atom. The molecule has 0 aromatic rings. The molecule has 0 bridgehead atoms. The molecule has 1 spiro atoms. The van der Waals surface area contributed by atoms with E-state index >= 15 is 0 Å². The molecule has 1 N–H and O–H groups in total. The van der Waals surface area contributed by atoms with Gasteiger partial charge in [0.2, 0.25) is 0 Å². The number of ether oxygens (including phenoxy) is 2. The van der Waals surface area contributed by atoms with E-state index in [2.05, 4.69) is 33.0 Å². The zero-order chi connectivity index (χ0) is 14.6. The van der Waals surface area contributed by atoms with Crippen LogP contribution in [-0.4, -0.2) is 38.0 Å². The smallest absolute Gasteiger partial charge is 0.0729 e. The van der Waals surface area contributed by atoms with E-state index in [1.807, 2.05) is 0 Å². The van der Waals surface area contributed by atoms with Gasteiger partial charge in [-0.25, -0.2) is 0 Å². The lowest BCUT2D eigenvalue weighted by molar-refractivity contribution is -0.159. The Morgan fingerprint density at radius 1 is 1.20 bits per heavy atom. The summed E-state index contributed by atoms with van der Waals surface area (Å²) < 4.78 is 11.7. The first-order chi connectivity index (χ1) is 9.44. The van der Waals surface area contributed by atoms with Crippen LogP contribution in [-0.2, 0) is 9.47 Å². The Labute approximate surface area is 124 Å². The maximum atomic E-state index is 6.18. The van der Waals surface area contributed by atoms with Gasteiger partial charge in [-0.1, -0.05) is 27.7 Å². The van der Waals surface area contributed by atoms with Gasteiger partial charge in [0, 0.05) is 25.9 Å². The van der Waals surface area contributed by atoms with Crippen LogP contribution in [0, 0.1) is 11.3 Å². The van der Waals surface area contributed by atoms with Crippen LogP contribution in [0.4, 0.5) is 0 Å². The summed E-state index contributed by atoms with van der Waals surface area (Å²) >= 11 is 0. The van der Waals surface area contributed by atoms with Gasteiger partial charge in [0.15, 0.2) is 0 Å². The summed E-state index contributed by atoms with van der Waals surface area (Å²) in [7, 11) is 0. The first-order valence-electron chi connectivity index (χ1n) is 8.39. The monoisotopic (exact) mass is 283 g/mol. The average molecular weight is 283 g/mol. The largest absolute Gasteiger partial charge is 0.381 e. The second kappa shape index (κ2) is 6.76. The first-order valence-corrected chi connectivity index (χ1v) is 8.39. The summed E-state index contributed by atoms with van der Waals surface area (Å²) in [5.41, 5.74) is 0.529. The molecule has 3 nitrogen and oxygen atoms in total. The van der Waals surface area contributed by atoms with E-state index in [0.29, 0.717) is 11.5 Å². The fourth-order valence-corrected chi connectivity index (χ4v) is 3.67. The van der Waals surface area contributed by atoms with Crippen LogP contribution in [0.2, 0.25) is 0 Å². The topological polar surface area (TPSA) is 30.5 Å². The molecule has 0 aromatic carbocycles. The van der Waals surface area contributed by atoms with E-state index in [9.17, 15) is 0 Å². The van der Waals surface area contributed by atoms with Crippen LogP contribution in [0.5, 0.6) is 0 Å². The van der Waals surface area contributed by atoms with E-state index in [1.54, 1.807) is 0 Å². The van der Waals surface area contributed by atoms with Crippen molar-refractivity contribution in [3.63, 3.8) is 0 Å². The summed E-state index contributed by atoms with van der Waals surface area (Å²) in [5.74, 6) is 0.781. The second-order valence-corrected chi connectivity index (χ2v) is 7.68. The third-order valence-electron chi connectivity index (χ3n) is 5.32. The minimum absolute atomic E-state index is 0.129. The summed E-state index contributed by atoms with van der Waals surface area (Å²) in [6, 6.07) is 0.585. The van der Waals surface area contributed by atoms with Crippen molar-refractivity contribution in [3.8, 4) is 0 Å². The van der Waals surface area contributed by atoms with Crippen molar-refractivity contribution in [1.29, 1.82) is 0 Å². The highest BCUT2D eigenvalue weighted by molar-refractivity contribution is 4.93. The Morgan fingerprint density at radius 3 is 2.55 bits per heavy atom. The molecule has 0 radical (unpaired) electrons. The molecule has 2 heterocycles. The Bertz CT molecular complexity index is 290. The lowest BCUT2D eigenvalue weighted by Gasteiger charge is -2.48. The van der Waals surface area contributed by atoms with E-state index < -0.39 is 0 Å². The summed E-state index contributed by atoms with van der Waals surface area (Å²) in [6.07, 6.45) is 5.87. The summed E-state index contributed by atoms with van der Waals surface area (Å²) in [5, 5.41) is 3.56. The maximum absolute atomic E-state index is 6.18. The number of rotatable bonds is 5. The number of hydrogen-bond donors (Lipinski definition) is 1. The first kappa shape index (κ1) is 16.3. The van der Waals surface area contributed by atoms with E-state index in [0.717, 1.165) is 45.1 Å². The summed E-state index contributed by atoms with van der Waals surface area (Å²) in [6.45, 7) is 13.1. The quantitative estimate of drug-likeness (QED) is 0.839. The fourth-order valence-electron chi connectivity index (χ4n) is 3.67. The van der Waals surface area contributed by atoms with Crippen LogP contribution in [0.25, 0.3) is 0 Å². The highest BCUT2D eigenvalue weighted by Gasteiger charge is 2.43. The van der Waals surface area contributed by atoms with Crippen molar-refractivity contribution < 1.29 is 9.47 Å². The van der Waals surface area contributed by atoms with Gasteiger partial charge >= 0.3 is 0 Å². The molecular formula is C17H33NO2. The second-order valence-electron chi connectivity index (χ2n) is 7.68. The molecule has 2 aliphatic heterocycles. The van der Waals surface area contributed by atoms with E-state index in [-0.39, 0.29) is 5.60 Å². The Hall–Kier alpha value is -0.120. The number of nitrogens with one attached hydrogen (secondary N) is 1. The molecule has 20 heavy (non-hydrogen) atoms. The minimum atomic E-state index is 0.129. The van der Waals surface area contributed by atoms with Crippen LogP contribution >= 0.6 is 0 Å². The van der Waals surface area contributed by atoms with E-state index in [1.165, 1.54) is 19.3 Å². The van der Waals surface area contributed by atoms with Crippen molar-refractivity contribution in [3.05, 3.63) is 0 Å². The molecule has 2 fully saturated rings. The van der Waals surface area contributed by atoms with Gasteiger partial charge in [-0.05, 0) is 50.0 Å². The van der Waals surface area contributed by atoms with Gasteiger partial charge in [-0.3, -0.25) is 0 Å². The summed E-state index contributed by atoms with van der Waals surface area (Å²) in [4.78, 5) is 0. The van der Waals surface area contributed by atoms with Crippen molar-refractivity contribution in [1.82, 2.24) is 5.32 Å². The van der Waals surface area contributed by atoms with Gasteiger partial charge in [-0.2, -0.15) is 0 Å². The van der Waals surface area contributed by atoms with Crippen molar-refractivity contribution in [2.75, 3.05) is 26.4 Å². The normalized spacial score (nSPS) is 27.1. The molecule has 2 aliphatic rings. The van der Waals surface area contributed by atoms with Crippen LogP contribution in [0.3, 0.4) is 0 Å². The molecular weight excluding hydrogens is 250 g/mol. The van der Waals surface area contributed by atoms with E-state index in [4.69, 9.17) is 9.47 Å². The molecule has 118 valence electrons. The molecule has 0 saturated carbocycles. The zero-order valence-corrected chi connectivity index (χ0v) is 13.8. The lowest BCUT2D eigenvalue weighted by atomic mass is 9.67. The predicted octanol–water partition coefficient (Wildman–Crippen LogP) is 3.38. The zero-order valence-electron chi connectivity index (χ0n) is 13.8. The van der Waals surface area contributed by atoms with Gasteiger partial charge in [0.25, 0.3) is 0 Å². The van der Waals surface area contributed by atoms with Crippen LogP contribution < -0.4 is 5.32 Å². The van der Waals surface area contributed by atoms with Gasteiger partial charge < -0.3 is 14.8 Å². The molecule has 1 unspecified atom stereocenters. The molecule has 3 heteroatoms. The average Bonchev–Trinajstić information content (AvgIpc) is 2.39. The van der Waals surface area contributed by atoms with Gasteiger partial charge in [-0.15, -0.1) is 0 Å². The minimum Gasteiger partial charge on any atom is -0.381 e. The van der Waals surface area contributed by atoms with Crippen molar-refractivity contribution >= 4 is 0 Å². The molecule has 1 atom stereocenters.